The third kappa shape index (κ3) is 4.92. The van der Waals surface area contributed by atoms with Gasteiger partial charge >= 0.3 is 5.97 Å². The molecular formula is C26H27NO5. The van der Waals surface area contributed by atoms with Crippen LogP contribution in [0.5, 0.6) is 5.75 Å². The molecule has 166 valence electrons. The van der Waals surface area contributed by atoms with Crippen LogP contribution < -0.4 is 4.74 Å². The summed E-state index contributed by atoms with van der Waals surface area (Å²) in [5, 5.41) is 22.1. The molecule has 0 saturated carbocycles. The molecule has 1 fully saturated rings. The Bertz CT molecular complexity index is 1120. The maximum atomic E-state index is 13.0. The molecule has 0 atom stereocenters. The number of likely N-dealkylation sites (tertiary alicyclic amines) is 1. The van der Waals surface area contributed by atoms with E-state index < -0.39 is 11.6 Å². The molecule has 0 unspecified atom stereocenters. The molecule has 1 aliphatic heterocycles. The second-order valence-corrected chi connectivity index (χ2v) is 8.26. The van der Waals surface area contributed by atoms with Gasteiger partial charge in [0.1, 0.15) is 5.75 Å². The van der Waals surface area contributed by atoms with Crippen molar-refractivity contribution in [2.45, 2.75) is 31.3 Å². The summed E-state index contributed by atoms with van der Waals surface area (Å²) in [4.78, 5) is 25.4. The van der Waals surface area contributed by atoms with Crippen molar-refractivity contribution in [3.05, 3.63) is 77.9 Å². The second kappa shape index (κ2) is 9.40. The molecule has 3 aromatic carbocycles. The molecule has 4 rings (SSSR count). The minimum Gasteiger partial charge on any atom is -0.494 e. The quantitative estimate of drug-likeness (QED) is 0.545. The van der Waals surface area contributed by atoms with Crippen molar-refractivity contribution < 1.29 is 24.5 Å². The number of carbonyl (C=O) groups excluding carboxylic acids is 1. The number of hydrogen-bond donors (Lipinski definition) is 2. The van der Waals surface area contributed by atoms with Crippen LogP contribution in [-0.4, -0.2) is 46.7 Å². The van der Waals surface area contributed by atoms with Crippen LogP contribution in [0.4, 0.5) is 0 Å². The first-order chi connectivity index (χ1) is 15.4. The average molecular weight is 434 g/mol. The van der Waals surface area contributed by atoms with Gasteiger partial charge in [-0.25, -0.2) is 0 Å². The van der Waals surface area contributed by atoms with Crippen LogP contribution in [0.25, 0.3) is 10.8 Å². The fraction of sp³-hybridized carbons (Fsp3) is 0.308. The van der Waals surface area contributed by atoms with Crippen molar-refractivity contribution in [3.8, 4) is 5.75 Å². The van der Waals surface area contributed by atoms with E-state index in [1.54, 1.807) is 11.0 Å². The molecule has 1 saturated heterocycles. The van der Waals surface area contributed by atoms with E-state index in [4.69, 9.17) is 9.84 Å². The molecule has 6 heteroatoms. The van der Waals surface area contributed by atoms with Crippen LogP contribution in [0.15, 0.2) is 66.7 Å². The molecule has 0 aromatic heterocycles. The van der Waals surface area contributed by atoms with Crippen molar-refractivity contribution in [2.24, 2.45) is 0 Å². The number of carboxylic acid groups (broad SMARTS) is 1. The Kier molecular flexibility index (Phi) is 6.42. The van der Waals surface area contributed by atoms with E-state index in [0.29, 0.717) is 50.3 Å². The monoisotopic (exact) mass is 433 g/mol. The maximum absolute atomic E-state index is 13.0. The predicted molar refractivity (Wildman–Crippen MR) is 122 cm³/mol. The minimum atomic E-state index is -1.03. The lowest BCUT2D eigenvalue weighted by Gasteiger charge is -2.38. The summed E-state index contributed by atoms with van der Waals surface area (Å²) in [5.41, 5.74) is 0.387. The molecule has 32 heavy (non-hydrogen) atoms. The van der Waals surface area contributed by atoms with E-state index >= 15 is 0 Å². The number of carbonyl (C=O) groups is 2. The SMILES string of the molecule is O=C(O)CCCOc1cccc(C2(O)CCN(C(=O)c3ccc4ccccc4c3)CC2)c1. The molecule has 0 spiro atoms. The number of aliphatic hydroxyl groups is 1. The number of hydrogen-bond acceptors (Lipinski definition) is 4. The number of nitrogens with zero attached hydrogens (tertiary/aromatic N) is 1. The van der Waals surface area contributed by atoms with Crippen molar-refractivity contribution in [1.82, 2.24) is 4.90 Å². The number of benzene rings is 3. The van der Waals surface area contributed by atoms with E-state index in [-0.39, 0.29) is 12.3 Å². The zero-order valence-electron chi connectivity index (χ0n) is 17.9. The van der Waals surface area contributed by atoms with Gasteiger partial charge in [-0.1, -0.05) is 42.5 Å². The van der Waals surface area contributed by atoms with Gasteiger partial charge in [0, 0.05) is 25.1 Å². The van der Waals surface area contributed by atoms with Gasteiger partial charge in [-0.2, -0.15) is 0 Å². The average Bonchev–Trinajstić information content (AvgIpc) is 2.82. The third-order valence-corrected chi connectivity index (χ3v) is 6.05. The summed E-state index contributed by atoms with van der Waals surface area (Å²) in [6.07, 6.45) is 1.37. The summed E-state index contributed by atoms with van der Waals surface area (Å²) in [7, 11) is 0. The summed E-state index contributed by atoms with van der Waals surface area (Å²) in [6.45, 7) is 1.24. The number of carboxylic acids is 1. The summed E-state index contributed by atoms with van der Waals surface area (Å²) in [6, 6.07) is 21.0. The molecule has 0 bridgehead atoms. The molecule has 1 amide bonds. The molecule has 6 nitrogen and oxygen atoms in total. The lowest BCUT2D eigenvalue weighted by molar-refractivity contribution is -0.137. The summed E-state index contributed by atoms with van der Waals surface area (Å²) < 4.78 is 5.65. The van der Waals surface area contributed by atoms with Crippen molar-refractivity contribution in [3.63, 3.8) is 0 Å². The molecule has 1 aliphatic rings. The molecule has 0 radical (unpaired) electrons. The third-order valence-electron chi connectivity index (χ3n) is 6.05. The van der Waals surface area contributed by atoms with Crippen LogP contribution in [0.1, 0.15) is 41.6 Å². The van der Waals surface area contributed by atoms with Gasteiger partial charge in [0.05, 0.1) is 12.2 Å². The first-order valence-corrected chi connectivity index (χ1v) is 10.9. The van der Waals surface area contributed by atoms with Crippen LogP contribution >= 0.6 is 0 Å². The van der Waals surface area contributed by atoms with Crippen LogP contribution in [0.3, 0.4) is 0 Å². The van der Waals surface area contributed by atoms with Crippen molar-refractivity contribution in [2.75, 3.05) is 19.7 Å². The van der Waals surface area contributed by atoms with Crippen LogP contribution in [0, 0.1) is 0 Å². The molecular weight excluding hydrogens is 406 g/mol. The maximum Gasteiger partial charge on any atom is 0.303 e. The van der Waals surface area contributed by atoms with E-state index in [2.05, 4.69) is 0 Å². The highest BCUT2D eigenvalue weighted by Gasteiger charge is 2.36. The topological polar surface area (TPSA) is 87.1 Å². The fourth-order valence-corrected chi connectivity index (χ4v) is 4.16. The Labute approximate surface area is 187 Å². The van der Waals surface area contributed by atoms with Crippen LogP contribution in [0.2, 0.25) is 0 Å². The smallest absolute Gasteiger partial charge is 0.303 e. The van der Waals surface area contributed by atoms with Crippen LogP contribution in [-0.2, 0) is 10.4 Å². The molecule has 0 aliphatic carbocycles. The Morgan fingerprint density at radius 3 is 2.44 bits per heavy atom. The Morgan fingerprint density at radius 2 is 1.69 bits per heavy atom. The lowest BCUT2D eigenvalue weighted by Crippen LogP contribution is -2.45. The zero-order valence-corrected chi connectivity index (χ0v) is 17.9. The Morgan fingerprint density at radius 1 is 0.938 bits per heavy atom. The standard InChI is InChI=1S/C26H27NO5/c28-24(29)9-4-16-32-23-8-3-7-22(18-23)26(31)12-14-27(15-13-26)25(30)21-11-10-19-5-1-2-6-20(19)17-21/h1-3,5-8,10-11,17-18,31H,4,9,12-16H2,(H,28,29). The number of rotatable bonds is 7. The van der Waals surface area contributed by atoms with E-state index in [1.165, 1.54) is 0 Å². The van der Waals surface area contributed by atoms with Gasteiger partial charge in [-0.05, 0) is 59.9 Å². The highest BCUT2D eigenvalue weighted by atomic mass is 16.5. The van der Waals surface area contributed by atoms with E-state index in [0.717, 1.165) is 16.3 Å². The highest BCUT2D eigenvalue weighted by molar-refractivity contribution is 5.98. The summed E-state index contributed by atoms with van der Waals surface area (Å²) >= 11 is 0. The molecule has 1 heterocycles. The Hall–Kier alpha value is -3.38. The highest BCUT2D eigenvalue weighted by Crippen LogP contribution is 2.35. The largest absolute Gasteiger partial charge is 0.494 e. The number of piperidine rings is 1. The van der Waals surface area contributed by atoms with Gasteiger partial charge in [-0.3, -0.25) is 9.59 Å². The van der Waals surface area contributed by atoms with Gasteiger partial charge in [0.25, 0.3) is 5.91 Å². The first-order valence-electron chi connectivity index (χ1n) is 10.9. The predicted octanol–water partition coefficient (Wildman–Crippen LogP) is 4.21. The van der Waals surface area contributed by atoms with Gasteiger partial charge in [-0.15, -0.1) is 0 Å². The van der Waals surface area contributed by atoms with E-state index in [9.17, 15) is 14.7 Å². The van der Waals surface area contributed by atoms with E-state index in [1.807, 2.05) is 60.7 Å². The van der Waals surface area contributed by atoms with Gasteiger partial charge in [0.2, 0.25) is 0 Å². The molecule has 2 N–H and O–H groups in total. The summed E-state index contributed by atoms with van der Waals surface area (Å²) in [5.74, 6) is -0.258. The number of fused-ring (bicyclic) bond motifs is 1. The van der Waals surface area contributed by atoms with Crippen molar-refractivity contribution in [1.29, 1.82) is 0 Å². The second-order valence-electron chi connectivity index (χ2n) is 8.26. The lowest BCUT2D eigenvalue weighted by atomic mass is 9.84. The Balaban J connectivity index is 1.39. The number of ether oxygens (including phenoxy) is 1. The fourth-order valence-electron chi connectivity index (χ4n) is 4.16. The normalized spacial score (nSPS) is 15.5. The zero-order chi connectivity index (χ0) is 22.6. The van der Waals surface area contributed by atoms with Gasteiger partial charge < -0.3 is 19.8 Å². The number of aliphatic carboxylic acids is 1. The van der Waals surface area contributed by atoms with Gasteiger partial charge in [0.15, 0.2) is 0 Å². The number of amides is 1. The van der Waals surface area contributed by atoms with Crippen molar-refractivity contribution >= 4 is 22.6 Å². The molecule has 3 aromatic rings. The first kappa shape index (κ1) is 21.8. The minimum absolute atomic E-state index is 0.0201.